The number of tetrazole rings is 1. The van der Waals surface area contributed by atoms with E-state index in [0.29, 0.717) is 17.5 Å². The third-order valence-electron chi connectivity index (χ3n) is 4.44. The molecule has 0 amide bonds. The molecule has 1 saturated heterocycles. The number of piperidine rings is 1. The number of likely N-dealkylation sites (tertiary alicyclic amines) is 1. The van der Waals surface area contributed by atoms with Crippen LogP contribution in [0.3, 0.4) is 0 Å². The highest BCUT2D eigenvalue weighted by Gasteiger charge is 2.27. The standard InChI is InChI=1S/C16H22ClN5O/c1-12(16-18-19-20-21(16)2)22-9-5-6-13(10-22)11-23-15-8-4-3-7-14(15)17/h3-4,7-8,12-13H,5-6,9-11H2,1-2H3/t12-,13+/m1/s1. The van der Waals surface area contributed by atoms with E-state index in [4.69, 9.17) is 16.3 Å². The molecule has 3 rings (SSSR count). The molecule has 1 aromatic heterocycles. The number of rotatable bonds is 5. The molecule has 1 aliphatic rings. The monoisotopic (exact) mass is 335 g/mol. The van der Waals surface area contributed by atoms with Crippen LogP contribution in [0, 0.1) is 5.92 Å². The zero-order chi connectivity index (χ0) is 16.2. The average Bonchev–Trinajstić information content (AvgIpc) is 3.00. The lowest BCUT2D eigenvalue weighted by atomic mass is 9.97. The van der Waals surface area contributed by atoms with Crippen LogP contribution in [-0.4, -0.2) is 44.8 Å². The molecule has 2 aromatic rings. The van der Waals surface area contributed by atoms with Crippen LogP contribution in [0.25, 0.3) is 0 Å². The Morgan fingerprint density at radius 1 is 1.39 bits per heavy atom. The minimum absolute atomic E-state index is 0.207. The van der Waals surface area contributed by atoms with E-state index in [1.54, 1.807) is 4.68 Å². The Labute approximate surface area is 141 Å². The van der Waals surface area contributed by atoms with Gasteiger partial charge in [-0.3, -0.25) is 4.90 Å². The van der Waals surface area contributed by atoms with Crippen LogP contribution in [0.2, 0.25) is 5.02 Å². The SMILES string of the molecule is C[C@H](c1nnnn1C)N1CCC[C@H](COc2ccccc2Cl)C1. The molecule has 1 aromatic carbocycles. The van der Waals surface area contributed by atoms with E-state index in [1.165, 1.54) is 6.42 Å². The topological polar surface area (TPSA) is 56.1 Å². The quantitative estimate of drug-likeness (QED) is 0.841. The molecule has 2 atom stereocenters. The van der Waals surface area contributed by atoms with E-state index in [-0.39, 0.29) is 6.04 Å². The number of halogens is 1. The first-order valence-electron chi connectivity index (χ1n) is 7.98. The summed E-state index contributed by atoms with van der Waals surface area (Å²) in [7, 11) is 1.88. The molecule has 1 aliphatic heterocycles. The first-order chi connectivity index (χ1) is 11.1. The Kier molecular flexibility index (Phi) is 5.13. The van der Waals surface area contributed by atoms with Crippen molar-refractivity contribution in [3.8, 4) is 5.75 Å². The summed E-state index contributed by atoms with van der Waals surface area (Å²) in [5.74, 6) is 2.15. The zero-order valence-electron chi connectivity index (χ0n) is 13.5. The fourth-order valence-electron chi connectivity index (χ4n) is 3.11. The van der Waals surface area contributed by atoms with E-state index < -0.39 is 0 Å². The van der Waals surface area contributed by atoms with Crippen molar-refractivity contribution in [3.63, 3.8) is 0 Å². The summed E-state index contributed by atoms with van der Waals surface area (Å²) in [5, 5.41) is 12.5. The van der Waals surface area contributed by atoms with E-state index in [0.717, 1.165) is 31.1 Å². The van der Waals surface area contributed by atoms with Gasteiger partial charge in [-0.2, -0.15) is 0 Å². The number of ether oxygens (including phenoxy) is 1. The molecule has 0 aliphatic carbocycles. The van der Waals surface area contributed by atoms with Gasteiger partial charge in [-0.05, 0) is 48.9 Å². The molecule has 6 nitrogen and oxygen atoms in total. The highest BCUT2D eigenvalue weighted by atomic mass is 35.5. The fraction of sp³-hybridized carbons (Fsp3) is 0.562. The first kappa shape index (κ1) is 16.2. The molecule has 0 N–H and O–H groups in total. The Morgan fingerprint density at radius 3 is 2.96 bits per heavy atom. The van der Waals surface area contributed by atoms with Crippen molar-refractivity contribution in [2.75, 3.05) is 19.7 Å². The summed E-state index contributed by atoms with van der Waals surface area (Å²) in [6.45, 7) is 4.89. The molecular formula is C16H22ClN5O. The second kappa shape index (κ2) is 7.27. The predicted molar refractivity (Wildman–Crippen MR) is 88.5 cm³/mol. The van der Waals surface area contributed by atoms with Crippen LogP contribution in [0.5, 0.6) is 5.75 Å². The van der Waals surface area contributed by atoms with Gasteiger partial charge in [0.2, 0.25) is 0 Å². The van der Waals surface area contributed by atoms with Gasteiger partial charge in [0.25, 0.3) is 0 Å². The summed E-state index contributed by atoms with van der Waals surface area (Å²) >= 11 is 6.15. The molecular weight excluding hydrogens is 314 g/mol. The van der Waals surface area contributed by atoms with Gasteiger partial charge in [0, 0.05) is 19.5 Å². The molecule has 23 heavy (non-hydrogen) atoms. The number of aromatic nitrogens is 4. The van der Waals surface area contributed by atoms with Crippen molar-refractivity contribution >= 4 is 11.6 Å². The van der Waals surface area contributed by atoms with Crippen molar-refractivity contribution in [2.45, 2.75) is 25.8 Å². The lowest BCUT2D eigenvalue weighted by Gasteiger charge is -2.35. The molecule has 0 saturated carbocycles. The average molecular weight is 336 g/mol. The smallest absolute Gasteiger partial charge is 0.167 e. The van der Waals surface area contributed by atoms with Gasteiger partial charge in [-0.25, -0.2) is 4.68 Å². The largest absolute Gasteiger partial charge is 0.492 e. The van der Waals surface area contributed by atoms with E-state index in [2.05, 4.69) is 27.3 Å². The van der Waals surface area contributed by atoms with Crippen molar-refractivity contribution in [2.24, 2.45) is 13.0 Å². The molecule has 7 heteroatoms. The van der Waals surface area contributed by atoms with Gasteiger partial charge in [-0.1, -0.05) is 23.7 Å². The minimum atomic E-state index is 0.207. The van der Waals surface area contributed by atoms with E-state index in [1.807, 2.05) is 31.3 Å². The number of para-hydroxylation sites is 1. The summed E-state index contributed by atoms with van der Waals surface area (Å²) in [4.78, 5) is 2.43. The highest BCUT2D eigenvalue weighted by Crippen LogP contribution is 2.27. The van der Waals surface area contributed by atoms with Gasteiger partial charge in [0.15, 0.2) is 5.82 Å². The van der Waals surface area contributed by atoms with Crippen molar-refractivity contribution in [3.05, 3.63) is 35.1 Å². The summed E-state index contributed by atoms with van der Waals surface area (Å²) in [6.07, 6.45) is 2.33. The van der Waals surface area contributed by atoms with E-state index >= 15 is 0 Å². The molecule has 0 spiro atoms. The van der Waals surface area contributed by atoms with Crippen LogP contribution in [-0.2, 0) is 7.05 Å². The summed E-state index contributed by atoms with van der Waals surface area (Å²) < 4.78 is 7.66. The van der Waals surface area contributed by atoms with Gasteiger partial charge in [-0.15, -0.1) is 5.10 Å². The molecule has 2 heterocycles. The number of benzene rings is 1. The van der Waals surface area contributed by atoms with Gasteiger partial charge in [0.05, 0.1) is 17.7 Å². The highest BCUT2D eigenvalue weighted by molar-refractivity contribution is 6.32. The third-order valence-corrected chi connectivity index (χ3v) is 4.75. The molecule has 0 bridgehead atoms. The second-order valence-electron chi connectivity index (χ2n) is 6.08. The number of nitrogens with zero attached hydrogens (tertiary/aromatic N) is 5. The summed E-state index contributed by atoms with van der Waals surface area (Å²) in [6, 6.07) is 7.83. The predicted octanol–water partition coefficient (Wildman–Crippen LogP) is 2.72. The number of hydrogen-bond acceptors (Lipinski definition) is 5. The minimum Gasteiger partial charge on any atom is -0.492 e. The van der Waals surface area contributed by atoms with Crippen molar-refractivity contribution in [1.29, 1.82) is 0 Å². The molecule has 1 fully saturated rings. The van der Waals surface area contributed by atoms with Crippen LogP contribution in [0.4, 0.5) is 0 Å². The Bertz CT molecular complexity index is 647. The van der Waals surface area contributed by atoms with Crippen molar-refractivity contribution in [1.82, 2.24) is 25.1 Å². The molecule has 0 radical (unpaired) electrons. The third kappa shape index (κ3) is 3.82. The molecule has 124 valence electrons. The maximum absolute atomic E-state index is 6.15. The summed E-state index contributed by atoms with van der Waals surface area (Å²) in [5.41, 5.74) is 0. The number of aryl methyl sites for hydroxylation is 1. The van der Waals surface area contributed by atoms with Crippen LogP contribution >= 0.6 is 11.6 Å². The molecule has 0 unspecified atom stereocenters. The second-order valence-corrected chi connectivity index (χ2v) is 6.49. The van der Waals surface area contributed by atoms with Crippen LogP contribution < -0.4 is 4.74 Å². The fourth-order valence-corrected chi connectivity index (χ4v) is 3.30. The Morgan fingerprint density at radius 2 is 2.22 bits per heavy atom. The lowest BCUT2D eigenvalue weighted by molar-refractivity contribution is 0.0961. The van der Waals surface area contributed by atoms with Crippen LogP contribution in [0.1, 0.15) is 31.6 Å². The van der Waals surface area contributed by atoms with E-state index in [9.17, 15) is 0 Å². The van der Waals surface area contributed by atoms with Gasteiger partial charge < -0.3 is 4.74 Å². The number of hydrogen-bond donors (Lipinski definition) is 0. The Hall–Kier alpha value is -1.66. The van der Waals surface area contributed by atoms with Crippen LogP contribution in [0.15, 0.2) is 24.3 Å². The lowest BCUT2D eigenvalue weighted by Crippen LogP contribution is -2.40. The normalized spacial score (nSPS) is 20.4. The Balaban J connectivity index is 1.58. The zero-order valence-corrected chi connectivity index (χ0v) is 14.3. The van der Waals surface area contributed by atoms with Crippen molar-refractivity contribution < 1.29 is 4.74 Å². The maximum atomic E-state index is 6.15. The maximum Gasteiger partial charge on any atom is 0.167 e. The first-order valence-corrected chi connectivity index (χ1v) is 8.36. The van der Waals surface area contributed by atoms with Gasteiger partial charge in [0.1, 0.15) is 5.75 Å². The van der Waals surface area contributed by atoms with Gasteiger partial charge >= 0.3 is 0 Å².